The molecule has 1 aromatic heterocycles. The first-order chi connectivity index (χ1) is 12.7. The molecule has 3 N–H and O–H groups in total. The van der Waals surface area contributed by atoms with Gasteiger partial charge in [0.2, 0.25) is 5.91 Å². The first-order valence-electron chi connectivity index (χ1n) is 9.10. The van der Waals surface area contributed by atoms with Gasteiger partial charge in [-0.2, -0.15) is 0 Å². The smallest absolute Gasteiger partial charge is 0.246 e. The number of rotatable bonds is 6. The predicted octanol–water partition coefficient (Wildman–Crippen LogP) is 3.65. The van der Waals surface area contributed by atoms with Crippen LogP contribution in [0.25, 0.3) is 0 Å². The Morgan fingerprint density at radius 2 is 2.15 bits per heavy atom. The number of carbonyl (C=O) groups excluding carboxylic acids is 1. The van der Waals surface area contributed by atoms with Gasteiger partial charge in [-0.1, -0.05) is 32.0 Å². The monoisotopic (exact) mass is 391 g/mol. The molecule has 2 unspecified atom stereocenters. The Kier molecular flexibility index (Phi) is 5.38. The van der Waals surface area contributed by atoms with E-state index in [2.05, 4.69) is 10.3 Å². The highest BCUT2D eigenvalue weighted by Gasteiger charge is 2.63. The summed E-state index contributed by atoms with van der Waals surface area (Å²) < 4.78 is 19.6. The SMILES string of the molecule is CCOC1CC(N)(C(=O)Nc2nc(C)c(Cc3ccccc3F)s2)C1(C)C. The number of aryl methyl sites for hydroxylation is 1. The van der Waals surface area contributed by atoms with Gasteiger partial charge in [0, 0.05) is 29.7 Å². The average Bonchev–Trinajstić information content (AvgIpc) is 2.95. The number of hydrogen-bond donors (Lipinski definition) is 2. The third-order valence-electron chi connectivity index (χ3n) is 5.66. The van der Waals surface area contributed by atoms with E-state index in [1.807, 2.05) is 33.8 Å². The molecular formula is C20H26FN3O2S. The maximum absolute atomic E-state index is 13.9. The lowest BCUT2D eigenvalue weighted by atomic mass is 9.54. The van der Waals surface area contributed by atoms with Gasteiger partial charge < -0.3 is 15.8 Å². The number of halogens is 1. The van der Waals surface area contributed by atoms with Gasteiger partial charge in [-0.15, -0.1) is 11.3 Å². The Morgan fingerprint density at radius 3 is 2.78 bits per heavy atom. The van der Waals surface area contributed by atoms with Crippen LogP contribution in [0, 0.1) is 18.2 Å². The van der Waals surface area contributed by atoms with Crippen molar-refractivity contribution in [2.45, 2.75) is 52.2 Å². The van der Waals surface area contributed by atoms with Gasteiger partial charge in [-0.05, 0) is 25.5 Å². The molecule has 1 heterocycles. The van der Waals surface area contributed by atoms with Crippen molar-refractivity contribution in [3.8, 4) is 0 Å². The molecule has 0 bridgehead atoms. The van der Waals surface area contributed by atoms with Crippen molar-refractivity contribution in [3.63, 3.8) is 0 Å². The topological polar surface area (TPSA) is 77.2 Å². The highest BCUT2D eigenvalue weighted by molar-refractivity contribution is 7.15. The van der Waals surface area contributed by atoms with E-state index in [1.54, 1.807) is 12.1 Å². The molecule has 1 fully saturated rings. The van der Waals surface area contributed by atoms with Crippen LogP contribution in [0.3, 0.4) is 0 Å². The summed E-state index contributed by atoms with van der Waals surface area (Å²) in [6, 6.07) is 6.68. The normalized spacial score (nSPS) is 23.7. The van der Waals surface area contributed by atoms with E-state index in [-0.39, 0.29) is 17.8 Å². The molecular weight excluding hydrogens is 365 g/mol. The fraction of sp³-hybridized carbons (Fsp3) is 0.500. The number of ether oxygens (including phenoxy) is 1. The van der Waals surface area contributed by atoms with Crippen LogP contribution in [0.2, 0.25) is 0 Å². The number of aromatic nitrogens is 1. The van der Waals surface area contributed by atoms with Crippen molar-refractivity contribution < 1.29 is 13.9 Å². The lowest BCUT2D eigenvalue weighted by Gasteiger charge is -2.57. The minimum atomic E-state index is -1.00. The van der Waals surface area contributed by atoms with Gasteiger partial charge in [0.25, 0.3) is 0 Å². The molecule has 1 aliphatic carbocycles. The third kappa shape index (κ3) is 3.51. The highest BCUT2D eigenvalue weighted by Crippen LogP contribution is 2.50. The summed E-state index contributed by atoms with van der Waals surface area (Å²) in [6.07, 6.45) is 0.886. The van der Waals surface area contributed by atoms with E-state index >= 15 is 0 Å². The van der Waals surface area contributed by atoms with E-state index in [0.29, 0.717) is 30.1 Å². The second-order valence-electron chi connectivity index (χ2n) is 7.59. The Morgan fingerprint density at radius 1 is 1.44 bits per heavy atom. The Bertz CT molecular complexity index is 852. The molecule has 0 saturated heterocycles. The molecule has 146 valence electrons. The summed E-state index contributed by atoms with van der Waals surface area (Å²) >= 11 is 1.36. The van der Waals surface area contributed by atoms with Gasteiger partial charge >= 0.3 is 0 Å². The third-order valence-corrected chi connectivity index (χ3v) is 6.73. The molecule has 3 rings (SSSR count). The van der Waals surface area contributed by atoms with Crippen LogP contribution in [-0.2, 0) is 16.0 Å². The number of thiazole rings is 1. The second-order valence-corrected chi connectivity index (χ2v) is 8.67. The zero-order valence-corrected chi connectivity index (χ0v) is 17.0. The van der Waals surface area contributed by atoms with E-state index in [0.717, 1.165) is 10.6 Å². The van der Waals surface area contributed by atoms with Crippen LogP contribution in [0.4, 0.5) is 9.52 Å². The highest BCUT2D eigenvalue weighted by atomic mass is 32.1. The molecule has 0 radical (unpaired) electrons. The maximum Gasteiger partial charge on any atom is 0.246 e. The maximum atomic E-state index is 13.9. The van der Waals surface area contributed by atoms with Crippen molar-refractivity contribution in [3.05, 3.63) is 46.2 Å². The van der Waals surface area contributed by atoms with Crippen LogP contribution >= 0.6 is 11.3 Å². The van der Waals surface area contributed by atoms with Crippen molar-refractivity contribution in [2.24, 2.45) is 11.1 Å². The lowest BCUT2D eigenvalue weighted by molar-refractivity contribution is -0.166. The number of hydrogen-bond acceptors (Lipinski definition) is 5. The summed E-state index contributed by atoms with van der Waals surface area (Å²) in [5, 5.41) is 3.35. The van der Waals surface area contributed by atoms with Crippen LogP contribution in [0.15, 0.2) is 24.3 Å². The molecule has 2 atom stereocenters. The largest absolute Gasteiger partial charge is 0.378 e. The number of carbonyl (C=O) groups is 1. The number of anilines is 1. The second kappa shape index (κ2) is 7.30. The van der Waals surface area contributed by atoms with Crippen LogP contribution in [-0.4, -0.2) is 29.1 Å². The summed E-state index contributed by atoms with van der Waals surface area (Å²) in [5.74, 6) is -0.496. The van der Waals surface area contributed by atoms with E-state index in [9.17, 15) is 9.18 Å². The quantitative estimate of drug-likeness (QED) is 0.788. The molecule has 1 aromatic carbocycles. The van der Waals surface area contributed by atoms with Crippen molar-refractivity contribution >= 4 is 22.4 Å². The molecule has 7 heteroatoms. The summed E-state index contributed by atoms with van der Waals surface area (Å²) in [6.45, 7) is 8.29. The van der Waals surface area contributed by atoms with Gasteiger partial charge in [0.05, 0.1) is 11.8 Å². The number of nitrogens with one attached hydrogen (secondary N) is 1. The van der Waals surface area contributed by atoms with Crippen molar-refractivity contribution in [1.29, 1.82) is 0 Å². The van der Waals surface area contributed by atoms with E-state index in [4.69, 9.17) is 10.5 Å². The molecule has 2 aromatic rings. The molecule has 5 nitrogen and oxygen atoms in total. The van der Waals surface area contributed by atoms with Crippen LogP contribution in [0.5, 0.6) is 0 Å². The van der Waals surface area contributed by atoms with Crippen LogP contribution < -0.4 is 11.1 Å². The first kappa shape index (κ1) is 19.9. The van der Waals surface area contributed by atoms with Gasteiger partial charge in [0.1, 0.15) is 11.4 Å². The number of nitrogens with zero attached hydrogens (tertiary/aromatic N) is 1. The van der Waals surface area contributed by atoms with E-state index < -0.39 is 11.0 Å². The summed E-state index contributed by atoms with van der Waals surface area (Å²) in [4.78, 5) is 18.2. The number of amides is 1. The van der Waals surface area contributed by atoms with Gasteiger partial charge in [0.15, 0.2) is 5.13 Å². The lowest BCUT2D eigenvalue weighted by Crippen LogP contribution is -2.74. The van der Waals surface area contributed by atoms with Crippen molar-refractivity contribution in [2.75, 3.05) is 11.9 Å². The average molecular weight is 392 g/mol. The molecule has 0 spiro atoms. The predicted molar refractivity (Wildman–Crippen MR) is 105 cm³/mol. The zero-order chi connectivity index (χ0) is 19.8. The number of benzene rings is 1. The Balaban J connectivity index is 1.72. The summed E-state index contributed by atoms with van der Waals surface area (Å²) in [7, 11) is 0. The van der Waals surface area contributed by atoms with E-state index in [1.165, 1.54) is 17.4 Å². The minimum absolute atomic E-state index is 0.0344. The summed E-state index contributed by atoms with van der Waals surface area (Å²) in [5.41, 5.74) is 6.34. The first-order valence-corrected chi connectivity index (χ1v) is 9.92. The zero-order valence-electron chi connectivity index (χ0n) is 16.1. The number of nitrogens with two attached hydrogens (primary N) is 1. The fourth-order valence-corrected chi connectivity index (χ4v) is 4.47. The molecule has 1 saturated carbocycles. The Hall–Kier alpha value is -1.83. The van der Waals surface area contributed by atoms with Gasteiger partial charge in [-0.3, -0.25) is 4.79 Å². The molecule has 1 aliphatic rings. The molecule has 1 amide bonds. The van der Waals surface area contributed by atoms with Gasteiger partial charge in [-0.25, -0.2) is 9.37 Å². The standard InChI is InChI=1S/C20H26FN3O2S/c1-5-26-16-11-20(22,19(16,3)4)17(25)24-18-23-12(2)15(27-18)10-13-8-6-7-9-14(13)21/h6-9,16H,5,10-11,22H2,1-4H3,(H,23,24,25). The minimum Gasteiger partial charge on any atom is -0.378 e. The van der Waals surface area contributed by atoms with Crippen LogP contribution in [0.1, 0.15) is 43.3 Å². The van der Waals surface area contributed by atoms with Crippen molar-refractivity contribution in [1.82, 2.24) is 4.98 Å². The molecule has 0 aliphatic heterocycles. The Labute approximate surface area is 163 Å². The molecule has 27 heavy (non-hydrogen) atoms. The fourth-order valence-electron chi connectivity index (χ4n) is 3.49.